The van der Waals surface area contributed by atoms with Crippen molar-refractivity contribution in [2.24, 2.45) is 0 Å². The highest BCUT2D eigenvalue weighted by molar-refractivity contribution is 7.92. The van der Waals surface area contributed by atoms with Crippen LogP contribution in [0, 0.1) is 6.92 Å². The first-order valence-electron chi connectivity index (χ1n) is 11.7. The summed E-state index contributed by atoms with van der Waals surface area (Å²) in [6, 6.07) is 8.52. The van der Waals surface area contributed by atoms with Crippen molar-refractivity contribution < 1.29 is 31.2 Å². The van der Waals surface area contributed by atoms with Crippen molar-refractivity contribution >= 4 is 39.1 Å². The standard InChI is InChI=1S/C25H31ClF3N3O4S/c1-5-13-30-24(34)21(6-2)31(15-18-10-8-7-9-17(18)3)23(33)16-32(37(4,35)36)22-14-19(25(27,28)29)11-12-20(22)26/h7-12,14,21H,5-6,13,15-16H2,1-4H3,(H,30,34). The van der Waals surface area contributed by atoms with Crippen molar-refractivity contribution in [1.29, 1.82) is 0 Å². The van der Waals surface area contributed by atoms with E-state index in [1.54, 1.807) is 19.1 Å². The fourth-order valence-corrected chi connectivity index (χ4v) is 4.85. The minimum atomic E-state index is -4.76. The smallest absolute Gasteiger partial charge is 0.354 e. The molecule has 0 aromatic heterocycles. The summed E-state index contributed by atoms with van der Waals surface area (Å²) in [5.74, 6) is -1.17. The zero-order valence-electron chi connectivity index (χ0n) is 21.1. The fraction of sp³-hybridized carbons (Fsp3) is 0.440. The van der Waals surface area contributed by atoms with Gasteiger partial charge in [0.1, 0.15) is 12.6 Å². The molecule has 0 fully saturated rings. The molecule has 204 valence electrons. The number of nitrogens with zero attached hydrogens (tertiary/aromatic N) is 2. The Hall–Kier alpha value is -2.79. The molecule has 12 heteroatoms. The highest BCUT2D eigenvalue weighted by Crippen LogP contribution is 2.36. The minimum Gasteiger partial charge on any atom is -0.354 e. The van der Waals surface area contributed by atoms with Crippen LogP contribution in [0.15, 0.2) is 42.5 Å². The number of benzene rings is 2. The van der Waals surface area contributed by atoms with Crippen LogP contribution in [0.2, 0.25) is 5.02 Å². The number of nitrogens with one attached hydrogen (secondary N) is 1. The molecule has 0 radical (unpaired) electrons. The predicted octanol–water partition coefficient (Wildman–Crippen LogP) is 4.77. The molecule has 0 aliphatic rings. The molecule has 0 aliphatic carbocycles. The van der Waals surface area contributed by atoms with Gasteiger partial charge in [-0.2, -0.15) is 13.2 Å². The summed E-state index contributed by atoms with van der Waals surface area (Å²) >= 11 is 6.10. The van der Waals surface area contributed by atoms with Gasteiger partial charge in [-0.1, -0.05) is 49.7 Å². The molecule has 37 heavy (non-hydrogen) atoms. The molecule has 2 aromatic carbocycles. The van der Waals surface area contributed by atoms with Crippen LogP contribution in [0.4, 0.5) is 18.9 Å². The maximum Gasteiger partial charge on any atom is 0.416 e. The van der Waals surface area contributed by atoms with E-state index in [1.165, 1.54) is 4.90 Å². The summed E-state index contributed by atoms with van der Waals surface area (Å²) in [5, 5.41) is 2.48. The highest BCUT2D eigenvalue weighted by atomic mass is 35.5. The van der Waals surface area contributed by atoms with Gasteiger partial charge < -0.3 is 10.2 Å². The quantitative estimate of drug-likeness (QED) is 0.428. The summed E-state index contributed by atoms with van der Waals surface area (Å²) in [7, 11) is -4.25. The lowest BCUT2D eigenvalue weighted by molar-refractivity contribution is -0.140. The summed E-state index contributed by atoms with van der Waals surface area (Å²) in [6.45, 7) is 4.96. The Morgan fingerprint density at radius 2 is 1.76 bits per heavy atom. The first-order valence-corrected chi connectivity index (χ1v) is 13.9. The second kappa shape index (κ2) is 12.6. The van der Waals surface area contributed by atoms with Crippen molar-refractivity contribution in [2.75, 3.05) is 23.7 Å². The molecule has 7 nitrogen and oxygen atoms in total. The van der Waals surface area contributed by atoms with Crippen LogP contribution in [-0.4, -0.2) is 50.5 Å². The first kappa shape index (κ1) is 30.4. The van der Waals surface area contributed by atoms with Crippen molar-refractivity contribution in [2.45, 2.75) is 52.4 Å². The SMILES string of the molecule is CCCNC(=O)C(CC)N(Cc1ccccc1C)C(=O)CN(c1cc(C(F)(F)F)ccc1Cl)S(C)(=O)=O. The Morgan fingerprint density at radius 1 is 1.11 bits per heavy atom. The maximum atomic E-state index is 13.6. The number of halogens is 4. The Labute approximate surface area is 220 Å². The lowest BCUT2D eigenvalue weighted by atomic mass is 10.1. The summed E-state index contributed by atoms with van der Waals surface area (Å²) < 4.78 is 65.9. The number of hydrogen-bond acceptors (Lipinski definition) is 4. The largest absolute Gasteiger partial charge is 0.416 e. The van der Waals surface area contributed by atoms with Crippen molar-refractivity contribution in [3.63, 3.8) is 0 Å². The van der Waals surface area contributed by atoms with E-state index < -0.39 is 51.9 Å². The molecule has 2 amide bonds. The van der Waals surface area contributed by atoms with Gasteiger partial charge in [-0.05, 0) is 49.1 Å². The van der Waals surface area contributed by atoms with Gasteiger partial charge in [0.2, 0.25) is 21.8 Å². The molecule has 0 saturated carbocycles. The Balaban J connectivity index is 2.54. The number of hydrogen-bond donors (Lipinski definition) is 1. The van der Waals surface area contributed by atoms with Gasteiger partial charge in [0, 0.05) is 13.1 Å². The first-order chi connectivity index (χ1) is 17.2. The van der Waals surface area contributed by atoms with Crippen molar-refractivity contribution in [3.05, 3.63) is 64.2 Å². The molecule has 0 saturated heterocycles. The highest BCUT2D eigenvalue weighted by Gasteiger charge is 2.35. The van der Waals surface area contributed by atoms with E-state index in [4.69, 9.17) is 11.6 Å². The van der Waals surface area contributed by atoms with Crippen LogP contribution in [0.3, 0.4) is 0 Å². The molecule has 0 aliphatic heterocycles. The van der Waals surface area contributed by atoms with Gasteiger partial charge in [0.05, 0.1) is 22.5 Å². The van der Waals surface area contributed by atoms with Crippen LogP contribution >= 0.6 is 11.6 Å². The number of anilines is 1. The fourth-order valence-electron chi connectivity index (χ4n) is 3.73. The van der Waals surface area contributed by atoms with E-state index in [2.05, 4.69) is 5.32 Å². The van der Waals surface area contributed by atoms with E-state index in [-0.39, 0.29) is 18.0 Å². The average molecular weight is 562 g/mol. The normalized spacial score (nSPS) is 12.6. The van der Waals surface area contributed by atoms with Crippen LogP contribution in [0.1, 0.15) is 43.4 Å². The van der Waals surface area contributed by atoms with E-state index >= 15 is 0 Å². The topological polar surface area (TPSA) is 86.8 Å². The summed E-state index contributed by atoms with van der Waals surface area (Å²) in [4.78, 5) is 27.8. The second-order valence-corrected chi connectivity index (χ2v) is 10.9. The number of rotatable bonds is 11. The summed E-state index contributed by atoms with van der Waals surface area (Å²) in [6.07, 6.45) is -3.08. The van der Waals surface area contributed by atoms with Crippen LogP contribution in [0.5, 0.6) is 0 Å². The molecule has 1 unspecified atom stereocenters. The predicted molar refractivity (Wildman–Crippen MR) is 138 cm³/mol. The molecule has 1 atom stereocenters. The number of carbonyl (C=O) groups is 2. The molecule has 0 bridgehead atoms. The monoisotopic (exact) mass is 561 g/mol. The Bertz CT molecular complexity index is 1220. The van der Waals surface area contributed by atoms with Gasteiger partial charge in [-0.15, -0.1) is 0 Å². The van der Waals surface area contributed by atoms with E-state index in [0.29, 0.717) is 23.3 Å². The van der Waals surface area contributed by atoms with E-state index in [0.717, 1.165) is 29.5 Å². The number of carbonyl (C=O) groups excluding carboxylic acids is 2. The third kappa shape index (κ3) is 8.10. The number of sulfonamides is 1. The van der Waals surface area contributed by atoms with Gasteiger partial charge in [-0.25, -0.2) is 8.42 Å². The van der Waals surface area contributed by atoms with Gasteiger partial charge in [-0.3, -0.25) is 13.9 Å². The van der Waals surface area contributed by atoms with Gasteiger partial charge in [0.25, 0.3) is 0 Å². The zero-order chi connectivity index (χ0) is 28.0. The second-order valence-electron chi connectivity index (χ2n) is 8.60. The lowest BCUT2D eigenvalue weighted by Crippen LogP contribution is -2.52. The zero-order valence-corrected chi connectivity index (χ0v) is 22.7. The lowest BCUT2D eigenvalue weighted by Gasteiger charge is -2.33. The van der Waals surface area contributed by atoms with Gasteiger partial charge in [0.15, 0.2) is 0 Å². The van der Waals surface area contributed by atoms with Crippen molar-refractivity contribution in [3.8, 4) is 0 Å². The minimum absolute atomic E-state index is 0.00250. The molecule has 0 heterocycles. The number of amides is 2. The molecule has 1 N–H and O–H groups in total. The Morgan fingerprint density at radius 3 is 2.30 bits per heavy atom. The molecule has 2 rings (SSSR count). The Kier molecular flexibility index (Phi) is 10.4. The molecule has 2 aromatic rings. The molecular weight excluding hydrogens is 531 g/mol. The number of aryl methyl sites for hydroxylation is 1. The molecule has 0 spiro atoms. The third-order valence-electron chi connectivity index (χ3n) is 5.76. The van der Waals surface area contributed by atoms with Crippen LogP contribution in [0.25, 0.3) is 0 Å². The van der Waals surface area contributed by atoms with E-state index in [1.807, 2.05) is 26.0 Å². The van der Waals surface area contributed by atoms with Gasteiger partial charge >= 0.3 is 6.18 Å². The average Bonchev–Trinajstić information content (AvgIpc) is 2.81. The summed E-state index contributed by atoms with van der Waals surface area (Å²) in [5.41, 5.74) is -0.00702. The molecular formula is C25H31ClF3N3O4S. The van der Waals surface area contributed by atoms with Crippen LogP contribution in [-0.2, 0) is 32.3 Å². The van der Waals surface area contributed by atoms with Crippen LogP contribution < -0.4 is 9.62 Å². The third-order valence-corrected chi connectivity index (χ3v) is 7.20. The maximum absolute atomic E-state index is 13.6. The van der Waals surface area contributed by atoms with E-state index in [9.17, 15) is 31.2 Å². The van der Waals surface area contributed by atoms with Crippen molar-refractivity contribution in [1.82, 2.24) is 10.2 Å². The number of alkyl halides is 3.